The molecule has 1 spiro atoms. The number of aromatic hydroxyl groups is 1. The second kappa shape index (κ2) is 14.3. The van der Waals surface area contributed by atoms with Crippen molar-refractivity contribution >= 4 is 18.0 Å². The Bertz CT molecular complexity index is 1280. The number of guanidine groups is 1. The number of rotatable bonds is 8. The summed E-state index contributed by atoms with van der Waals surface area (Å²) in [4.78, 5) is 33.4. The number of amides is 2. The molecule has 5 N–H and O–H groups in total. The molecular weight excluding hydrogens is 595 g/mol. The van der Waals surface area contributed by atoms with E-state index in [1.54, 1.807) is 11.1 Å². The number of phenolic OH excluding ortho intramolecular Hbond substituents is 1. The van der Waals surface area contributed by atoms with Crippen LogP contribution in [0.2, 0.25) is 0 Å². The van der Waals surface area contributed by atoms with Gasteiger partial charge in [0.1, 0.15) is 17.4 Å². The molecule has 2 saturated heterocycles. The molecule has 15 heteroatoms. The first kappa shape index (κ1) is 34.3. The summed E-state index contributed by atoms with van der Waals surface area (Å²) >= 11 is 0. The smallest absolute Gasteiger partial charge is 0.410 e. The van der Waals surface area contributed by atoms with Crippen molar-refractivity contribution in [2.24, 2.45) is 10.9 Å². The molecule has 1 aliphatic carbocycles. The average Bonchev–Trinajstić information content (AvgIpc) is 2.97. The highest BCUT2D eigenvalue weighted by Crippen LogP contribution is 2.30. The number of nitrogens with zero attached hydrogens (tertiary/aromatic N) is 3. The van der Waals surface area contributed by atoms with Gasteiger partial charge in [-0.05, 0) is 71.6 Å². The van der Waals surface area contributed by atoms with E-state index in [4.69, 9.17) is 19.6 Å². The Morgan fingerprint density at radius 3 is 2.49 bits per heavy atom. The number of hydrazine groups is 1. The van der Waals surface area contributed by atoms with Crippen molar-refractivity contribution in [1.82, 2.24) is 31.3 Å². The normalized spacial score (nSPS) is 22.4. The Kier molecular flexibility index (Phi) is 10.9. The van der Waals surface area contributed by atoms with Gasteiger partial charge in [-0.15, -0.1) is 0 Å². The van der Waals surface area contributed by atoms with Crippen LogP contribution in [0.4, 0.5) is 18.0 Å². The second-order valence-electron chi connectivity index (χ2n) is 12.9. The summed E-state index contributed by atoms with van der Waals surface area (Å²) in [6.07, 6.45) is 4.07. The molecule has 2 amide bonds. The van der Waals surface area contributed by atoms with Crippen LogP contribution in [0.15, 0.2) is 23.8 Å². The Balaban J connectivity index is 1.20. The van der Waals surface area contributed by atoms with Gasteiger partial charge < -0.3 is 35.0 Å². The van der Waals surface area contributed by atoms with Crippen molar-refractivity contribution in [2.75, 3.05) is 39.3 Å². The van der Waals surface area contributed by atoms with Crippen LogP contribution in [-0.4, -0.2) is 95.6 Å². The van der Waals surface area contributed by atoms with Crippen LogP contribution in [0.3, 0.4) is 0 Å². The SMILES string of the molecule is C=CNC(=NC(C)NNC1CCC(CNC(=O)c2cc(F)c(O)c(F)c2F)CC1)N1CC2(CN(C(=O)OC(C)(C)C)CCO2)C1. The van der Waals surface area contributed by atoms with Crippen molar-refractivity contribution in [2.45, 2.75) is 76.8 Å². The topological polar surface area (TPSA) is 140 Å². The van der Waals surface area contributed by atoms with E-state index >= 15 is 0 Å². The first-order chi connectivity index (χ1) is 21.2. The van der Waals surface area contributed by atoms with Crippen LogP contribution >= 0.6 is 0 Å². The fourth-order valence-electron chi connectivity index (χ4n) is 5.67. The van der Waals surface area contributed by atoms with Gasteiger partial charge in [0, 0.05) is 19.1 Å². The van der Waals surface area contributed by atoms with E-state index in [-0.39, 0.29) is 30.8 Å². The molecule has 0 bridgehead atoms. The maximum Gasteiger partial charge on any atom is 0.410 e. The third-order valence-corrected chi connectivity index (χ3v) is 7.98. The number of hydrogen-bond acceptors (Lipinski definition) is 8. The third-order valence-electron chi connectivity index (χ3n) is 7.98. The first-order valence-corrected chi connectivity index (χ1v) is 15.2. The van der Waals surface area contributed by atoms with Crippen LogP contribution < -0.4 is 21.5 Å². The van der Waals surface area contributed by atoms with Crippen LogP contribution in [0.5, 0.6) is 5.75 Å². The van der Waals surface area contributed by atoms with Gasteiger partial charge in [0.15, 0.2) is 23.3 Å². The molecule has 3 fully saturated rings. The molecule has 4 rings (SSSR count). The molecule has 1 aromatic rings. The zero-order valence-electron chi connectivity index (χ0n) is 26.2. The lowest BCUT2D eigenvalue weighted by Gasteiger charge is -2.54. The largest absolute Gasteiger partial charge is 0.503 e. The van der Waals surface area contributed by atoms with Crippen molar-refractivity contribution in [3.63, 3.8) is 0 Å². The summed E-state index contributed by atoms with van der Waals surface area (Å²) in [6, 6.07) is 0.643. The summed E-state index contributed by atoms with van der Waals surface area (Å²) in [5.41, 5.74) is 4.70. The standard InChI is InChI=1S/C30H44F3N7O5/c1-6-34-27(40-16-30(17-40)15-39(11-12-44-30)28(43)45-29(3,4)5)36-18(2)37-38-20-9-7-19(8-10-20)14-35-26(42)21-13-22(31)25(41)24(33)23(21)32/h6,13,18-20,37-38,41H,1,7-12,14-17H2,2-5H3,(H,34,36)(H,35,42). The molecule has 0 radical (unpaired) electrons. The Morgan fingerprint density at radius 2 is 1.84 bits per heavy atom. The molecule has 12 nitrogen and oxygen atoms in total. The Labute approximate surface area is 261 Å². The lowest BCUT2D eigenvalue weighted by molar-refractivity contribution is -0.163. The molecule has 1 unspecified atom stereocenters. The minimum atomic E-state index is -1.79. The second-order valence-corrected chi connectivity index (χ2v) is 12.9. The van der Waals surface area contributed by atoms with Crippen LogP contribution in [0.1, 0.15) is 63.7 Å². The van der Waals surface area contributed by atoms with Gasteiger partial charge in [0.25, 0.3) is 5.91 Å². The highest BCUT2D eigenvalue weighted by atomic mass is 19.2. The first-order valence-electron chi connectivity index (χ1n) is 15.2. The molecule has 1 atom stereocenters. The van der Waals surface area contributed by atoms with E-state index in [1.165, 1.54) is 0 Å². The summed E-state index contributed by atoms with van der Waals surface area (Å²) in [5.74, 6) is -6.42. The van der Waals surface area contributed by atoms with E-state index in [9.17, 15) is 22.8 Å². The monoisotopic (exact) mass is 639 g/mol. The van der Waals surface area contributed by atoms with E-state index in [0.717, 1.165) is 25.7 Å². The maximum atomic E-state index is 14.0. The van der Waals surface area contributed by atoms with Crippen LogP contribution in [0.25, 0.3) is 0 Å². The summed E-state index contributed by atoms with van der Waals surface area (Å²) < 4.78 is 52.8. The summed E-state index contributed by atoms with van der Waals surface area (Å²) in [5, 5.41) is 14.8. The van der Waals surface area contributed by atoms with E-state index in [2.05, 4.69) is 28.1 Å². The van der Waals surface area contributed by atoms with Crippen molar-refractivity contribution in [3.05, 3.63) is 41.9 Å². The summed E-state index contributed by atoms with van der Waals surface area (Å²) in [7, 11) is 0. The fourth-order valence-corrected chi connectivity index (χ4v) is 5.67. The molecule has 2 heterocycles. The van der Waals surface area contributed by atoms with Gasteiger partial charge in [0.2, 0.25) is 5.82 Å². The van der Waals surface area contributed by atoms with Crippen LogP contribution in [-0.2, 0) is 9.47 Å². The molecule has 3 aliphatic rings. The minimum absolute atomic E-state index is 0.118. The quantitative estimate of drug-likeness (QED) is 0.126. The number of morpholine rings is 1. The number of aliphatic imine (C=N–C) groups is 1. The van der Waals surface area contributed by atoms with Gasteiger partial charge in [-0.3, -0.25) is 10.2 Å². The van der Waals surface area contributed by atoms with Crippen LogP contribution in [0, 0.1) is 23.4 Å². The van der Waals surface area contributed by atoms with E-state index in [0.29, 0.717) is 44.8 Å². The summed E-state index contributed by atoms with van der Waals surface area (Å²) in [6.45, 7) is 13.9. The molecule has 250 valence electrons. The van der Waals surface area contributed by atoms with Gasteiger partial charge in [-0.2, -0.15) is 4.39 Å². The predicted molar refractivity (Wildman–Crippen MR) is 161 cm³/mol. The number of phenols is 1. The zero-order chi connectivity index (χ0) is 32.9. The maximum absolute atomic E-state index is 14.0. The third kappa shape index (κ3) is 8.79. The number of ether oxygens (including phenoxy) is 2. The number of likely N-dealkylation sites (tertiary alicyclic amines) is 1. The fraction of sp³-hybridized carbons (Fsp3) is 0.633. The lowest BCUT2D eigenvalue weighted by Crippen LogP contribution is -2.72. The number of benzene rings is 1. The van der Waals surface area contributed by atoms with Crippen molar-refractivity contribution < 1.29 is 37.3 Å². The Morgan fingerprint density at radius 1 is 1.18 bits per heavy atom. The average molecular weight is 640 g/mol. The zero-order valence-corrected chi connectivity index (χ0v) is 26.2. The molecule has 45 heavy (non-hydrogen) atoms. The van der Waals surface area contributed by atoms with Crippen molar-refractivity contribution in [1.29, 1.82) is 0 Å². The van der Waals surface area contributed by atoms with Crippen molar-refractivity contribution in [3.8, 4) is 5.75 Å². The van der Waals surface area contributed by atoms with Gasteiger partial charge >= 0.3 is 6.09 Å². The molecule has 2 aliphatic heterocycles. The lowest BCUT2D eigenvalue weighted by atomic mass is 9.86. The van der Waals surface area contributed by atoms with Gasteiger partial charge in [0.05, 0.1) is 31.8 Å². The van der Waals surface area contributed by atoms with E-state index < -0.39 is 45.9 Å². The number of hydrogen-bond donors (Lipinski definition) is 5. The highest BCUT2D eigenvalue weighted by molar-refractivity contribution is 5.94. The van der Waals surface area contributed by atoms with Gasteiger partial charge in [-0.1, -0.05) is 6.58 Å². The number of nitrogens with one attached hydrogen (secondary N) is 4. The number of carbonyl (C=O) groups excluding carboxylic acids is 2. The van der Waals surface area contributed by atoms with E-state index in [1.807, 2.05) is 32.6 Å². The molecule has 1 aromatic carbocycles. The predicted octanol–water partition coefficient (Wildman–Crippen LogP) is 2.95. The molecule has 0 aromatic heterocycles. The van der Waals surface area contributed by atoms with Gasteiger partial charge in [-0.25, -0.2) is 24.0 Å². The Hall–Kier alpha value is -3.56. The minimum Gasteiger partial charge on any atom is -0.503 e. The number of carbonyl (C=O) groups is 2. The highest BCUT2D eigenvalue weighted by Gasteiger charge is 2.50. The molecular formula is C30H44F3N7O5. The molecule has 1 saturated carbocycles. The number of halogens is 3.